The van der Waals surface area contributed by atoms with Crippen molar-refractivity contribution >= 4 is 29.4 Å². The van der Waals surface area contributed by atoms with E-state index >= 15 is 0 Å². The number of hydrogen-bond donors (Lipinski definition) is 1. The highest BCUT2D eigenvalue weighted by atomic mass is 35.5. The Morgan fingerprint density at radius 1 is 1.09 bits per heavy atom. The van der Waals surface area contributed by atoms with Crippen molar-refractivity contribution in [3.63, 3.8) is 0 Å². The van der Waals surface area contributed by atoms with E-state index in [9.17, 15) is 9.59 Å². The zero-order valence-corrected chi connectivity index (χ0v) is 12.6. The van der Waals surface area contributed by atoms with E-state index in [4.69, 9.17) is 21.1 Å². The molecule has 22 heavy (non-hydrogen) atoms. The minimum Gasteiger partial charge on any atom is -0.462 e. The highest BCUT2D eigenvalue weighted by Gasteiger charge is 2.14. The lowest BCUT2D eigenvalue weighted by molar-refractivity contribution is 0.0527. The molecule has 0 spiro atoms. The molecule has 0 unspecified atom stereocenters. The second-order valence-electron chi connectivity index (χ2n) is 4.23. The van der Waals surface area contributed by atoms with Crippen LogP contribution in [0.3, 0.4) is 0 Å². The van der Waals surface area contributed by atoms with Crippen molar-refractivity contribution in [1.82, 2.24) is 0 Å². The highest BCUT2D eigenvalue weighted by Crippen LogP contribution is 2.19. The van der Waals surface area contributed by atoms with Gasteiger partial charge in [0.05, 0.1) is 17.9 Å². The van der Waals surface area contributed by atoms with E-state index in [2.05, 4.69) is 5.32 Å². The molecule has 1 N–H and O–H groups in total. The van der Waals surface area contributed by atoms with Gasteiger partial charge in [-0.25, -0.2) is 9.59 Å². The Kier molecular flexibility index (Phi) is 5.38. The van der Waals surface area contributed by atoms with Crippen molar-refractivity contribution < 1.29 is 19.1 Å². The first-order valence-corrected chi connectivity index (χ1v) is 6.98. The lowest BCUT2D eigenvalue weighted by Gasteiger charge is -2.10. The number of benzene rings is 2. The van der Waals surface area contributed by atoms with Crippen LogP contribution in [0.2, 0.25) is 5.02 Å². The van der Waals surface area contributed by atoms with E-state index in [-0.39, 0.29) is 12.2 Å². The van der Waals surface area contributed by atoms with Crippen molar-refractivity contribution in [3.05, 3.63) is 59.1 Å². The number of halogens is 1. The summed E-state index contributed by atoms with van der Waals surface area (Å²) in [5.41, 5.74) is 0.581. The monoisotopic (exact) mass is 319 g/mol. The summed E-state index contributed by atoms with van der Waals surface area (Å²) in [4.78, 5) is 23.7. The minimum atomic E-state index is -0.709. The molecule has 0 aliphatic heterocycles. The Morgan fingerprint density at radius 3 is 2.45 bits per heavy atom. The predicted molar refractivity (Wildman–Crippen MR) is 83.5 cm³/mol. The number of carbonyl (C=O) groups is 2. The first-order chi connectivity index (χ1) is 10.6. The summed E-state index contributed by atoms with van der Waals surface area (Å²) in [7, 11) is 0. The summed E-state index contributed by atoms with van der Waals surface area (Å²) < 4.78 is 10.0. The number of rotatable bonds is 4. The molecule has 0 heterocycles. The third kappa shape index (κ3) is 4.23. The van der Waals surface area contributed by atoms with E-state index in [1.165, 1.54) is 0 Å². The molecule has 2 aromatic carbocycles. The van der Waals surface area contributed by atoms with Crippen molar-refractivity contribution in [1.29, 1.82) is 0 Å². The Morgan fingerprint density at radius 2 is 1.77 bits per heavy atom. The fourth-order valence-electron chi connectivity index (χ4n) is 1.72. The van der Waals surface area contributed by atoms with Gasteiger partial charge in [0.25, 0.3) is 0 Å². The molecule has 0 saturated heterocycles. The average Bonchev–Trinajstić information content (AvgIpc) is 2.50. The molecule has 2 rings (SSSR count). The lowest BCUT2D eigenvalue weighted by Crippen LogP contribution is -2.19. The molecule has 1 amide bonds. The molecular formula is C16H14ClNO4. The normalized spacial score (nSPS) is 9.91. The topological polar surface area (TPSA) is 64.6 Å². The standard InChI is InChI=1S/C16H14ClNO4/c1-2-21-15(19)13-5-3-4-6-14(13)18-16(20)22-12-9-7-11(17)8-10-12/h3-10H,2H2,1H3,(H,18,20). The molecule has 0 radical (unpaired) electrons. The number of anilines is 1. The molecule has 0 fully saturated rings. The predicted octanol–water partition coefficient (Wildman–Crippen LogP) is 4.13. The zero-order valence-electron chi connectivity index (χ0n) is 11.8. The van der Waals surface area contributed by atoms with Crippen molar-refractivity contribution in [2.24, 2.45) is 0 Å². The van der Waals surface area contributed by atoms with E-state index in [1.54, 1.807) is 55.5 Å². The maximum atomic E-state index is 11.9. The summed E-state index contributed by atoms with van der Waals surface area (Å²) in [5, 5.41) is 3.06. The smallest absolute Gasteiger partial charge is 0.417 e. The summed E-state index contributed by atoms with van der Waals surface area (Å²) in [6.45, 7) is 1.96. The second kappa shape index (κ2) is 7.47. The van der Waals surface area contributed by atoms with Crippen LogP contribution in [-0.2, 0) is 4.74 Å². The third-order valence-corrected chi connectivity index (χ3v) is 2.94. The number of carbonyl (C=O) groups excluding carboxylic acids is 2. The first-order valence-electron chi connectivity index (χ1n) is 6.60. The van der Waals surface area contributed by atoms with Gasteiger partial charge in [0.2, 0.25) is 0 Å². The van der Waals surface area contributed by atoms with Gasteiger partial charge in [-0.1, -0.05) is 23.7 Å². The fraction of sp³-hybridized carbons (Fsp3) is 0.125. The van der Waals surface area contributed by atoms with Gasteiger partial charge in [0.15, 0.2) is 0 Å². The minimum absolute atomic E-state index is 0.252. The number of nitrogens with one attached hydrogen (secondary N) is 1. The second-order valence-corrected chi connectivity index (χ2v) is 4.67. The summed E-state index contributed by atoms with van der Waals surface area (Å²) in [6, 6.07) is 12.9. The molecular weight excluding hydrogens is 306 g/mol. The van der Waals surface area contributed by atoms with E-state index in [1.807, 2.05) is 0 Å². The molecule has 2 aromatic rings. The van der Waals surface area contributed by atoms with Gasteiger partial charge in [-0.3, -0.25) is 5.32 Å². The first kappa shape index (κ1) is 15.9. The molecule has 0 aromatic heterocycles. The van der Waals surface area contributed by atoms with Crippen LogP contribution in [0.15, 0.2) is 48.5 Å². The molecule has 0 atom stereocenters. The average molecular weight is 320 g/mol. The lowest BCUT2D eigenvalue weighted by atomic mass is 10.2. The third-order valence-electron chi connectivity index (χ3n) is 2.68. The van der Waals surface area contributed by atoms with Gasteiger partial charge in [-0.05, 0) is 43.3 Å². The molecule has 0 aliphatic rings. The van der Waals surface area contributed by atoms with Crippen molar-refractivity contribution in [3.8, 4) is 5.75 Å². The van der Waals surface area contributed by atoms with Crippen LogP contribution in [0.4, 0.5) is 10.5 Å². The van der Waals surface area contributed by atoms with Crippen LogP contribution >= 0.6 is 11.6 Å². The Bertz CT molecular complexity index is 670. The molecule has 5 nitrogen and oxygen atoms in total. The van der Waals surface area contributed by atoms with Crippen molar-refractivity contribution in [2.75, 3.05) is 11.9 Å². The van der Waals surface area contributed by atoms with Crippen molar-refractivity contribution in [2.45, 2.75) is 6.92 Å². The van der Waals surface area contributed by atoms with Gasteiger partial charge in [0, 0.05) is 5.02 Å². The molecule has 0 bridgehead atoms. The van der Waals surface area contributed by atoms with E-state index in [0.717, 1.165) is 0 Å². The van der Waals surface area contributed by atoms with Crippen LogP contribution < -0.4 is 10.1 Å². The summed E-state index contributed by atoms with van der Waals surface area (Å²) >= 11 is 5.76. The Balaban J connectivity index is 2.08. The number of hydrogen-bond acceptors (Lipinski definition) is 4. The van der Waals surface area contributed by atoms with Gasteiger partial charge >= 0.3 is 12.1 Å². The van der Waals surface area contributed by atoms with E-state index in [0.29, 0.717) is 16.5 Å². The Labute approximate surface area is 132 Å². The maximum absolute atomic E-state index is 11.9. The van der Waals surface area contributed by atoms with E-state index < -0.39 is 12.1 Å². The van der Waals surface area contributed by atoms with Crippen LogP contribution in [-0.4, -0.2) is 18.7 Å². The Hall–Kier alpha value is -2.53. The van der Waals surface area contributed by atoms with Crippen LogP contribution in [0, 0.1) is 0 Å². The largest absolute Gasteiger partial charge is 0.462 e. The van der Waals surface area contributed by atoms with Crippen LogP contribution in [0.25, 0.3) is 0 Å². The SMILES string of the molecule is CCOC(=O)c1ccccc1NC(=O)Oc1ccc(Cl)cc1. The molecule has 0 aliphatic carbocycles. The van der Waals surface area contributed by atoms with Gasteiger partial charge in [0.1, 0.15) is 5.75 Å². The number of amides is 1. The van der Waals surface area contributed by atoms with Gasteiger partial charge in [-0.2, -0.15) is 0 Å². The molecule has 114 valence electrons. The summed E-state index contributed by atoms with van der Waals surface area (Å²) in [5.74, 6) is -0.166. The highest BCUT2D eigenvalue weighted by molar-refractivity contribution is 6.30. The van der Waals surface area contributed by atoms with Gasteiger partial charge in [-0.15, -0.1) is 0 Å². The van der Waals surface area contributed by atoms with Gasteiger partial charge < -0.3 is 9.47 Å². The fourth-order valence-corrected chi connectivity index (χ4v) is 1.85. The summed E-state index contributed by atoms with van der Waals surface area (Å²) in [6.07, 6.45) is -0.709. The zero-order chi connectivity index (χ0) is 15.9. The number of ether oxygens (including phenoxy) is 2. The quantitative estimate of drug-likeness (QED) is 0.861. The number of para-hydroxylation sites is 1. The number of esters is 1. The maximum Gasteiger partial charge on any atom is 0.417 e. The van der Waals surface area contributed by atoms with Crippen LogP contribution in [0.1, 0.15) is 17.3 Å². The molecule has 0 saturated carbocycles. The van der Waals surface area contributed by atoms with Crippen LogP contribution in [0.5, 0.6) is 5.75 Å². The molecule has 6 heteroatoms.